The minimum Gasteiger partial charge on any atom is -0.357 e. The summed E-state index contributed by atoms with van der Waals surface area (Å²) in [6.45, 7) is 7.77. The molecule has 6 nitrogen and oxygen atoms in total. The van der Waals surface area contributed by atoms with E-state index in [9.17, 15) is 8.42 Å². The molecule has 2 unspecified atom stereocenters. The van der Waals surface area contributed by atoms with Crippen molar-refractivity contribution in [3.63, 3.8) is 0 Å². The molecule has 0 bridgehead atoms. The first-order chi connectivity index (χ1) is 14.9. The smallest absolute Gasteiger partial charge is 0.215 e. The zero-order valence-electron chi connectivity index (χ0n) is 18.7. The number of nitrogens with zero attached hydrogens (tertiary/aromatic N) is 2. The third-order valence-electron chi connectivity index (χ3n) is 5.87. The SMILES string of the molecule is CCNC(=NCc1ccc(CS(=O)(=O)NC)cc1)N1CCC(c2ccccc2)C(C)C1. The minimum atomic E-state index is -3.26. The van der Waals surface area contributed by atoms with Crippen LogP contribution in [0.25, 0.3) is 0 Å². The summed E-state index contributed by atoms with van der Waals surface area (Å²) in [6, 6.07) is 18.4. The number of benzene rings is 2. The third kappa shape index (κ3) is 6.55. The van der Waals surface area contributed by atoms with Crippen LogP contribution >= 0.6 is 0 Å². The monoisotopic (exact) mass is 442 g/mol. The molecule has 31 heavy (non-hydrogen) atoms. The van der Waals surface area contributed by atoms with Crippen molar-refractivity contribution in [2.24, 2.45) is 10.9 Å². The summed E-state index contributed by atoms with van der Waals surface area (Å²) >= 11 is 0. The van der Waals surface area contributed by atoms with Crippen molar-refractivity contribution in [3.8, 4) is 0 Å². The highest BCUT2D eigenvalue weighted by Gasteiger charge is 2.28. The van der Waals surface area contributed by atoms with E-state index >= 15 is 0 Å². The van der Waals surface area contributed by atoms with Crippen LogP contribution in [0.4, 0.5) is 0 Å². The van der Waals surface area contributed by atoms with Crippen molar-refractivity contribution in [1.82, 2.24) is 14.9 Å². The molecule has 3 rings (SSSR count). The van der Waals surface area contributed by atoms with E-state index in [1.54, 1.807) is 0 Å². The van der Waals surface area contributed by atoms with Gasteiger partial charge in [-0.25, -0.2) is 18.1 Å². The zero-order valence-corrected chi connectivity index (χ0v) is 19.5. The van der Waals surface area contributed by atoms with Crippen LogP contribution in [0.1, 0.15) is 42.9 Å². The standard InChI is InChI=1S/C24H34N4O2S/c1-4-26-24(27-16-20-10-12-21(13-11-20)18-31(29,30)25-3)28-15-14-23(19(2)17-28)22-8-6-5-7-9-22/h5-13,19,23,25H,4,14-18H2,1-3H3,(H,26,27). The molecule has 0 amide bonds. The summed E-state index contributed by atoms with van der Waals surface area (Å²) in [5.41, 5.74) is 3.26. The molecule has 1 heterocycles. The Labute approximate surface area is 186 Å². The van der Waals surface area contributed by atoms with E-state index in [2.05, 4.69) is 59.1 Å². The third-order valence-corrected chi connectivity index (χ3v) is 7.20. The van der Waals surface area contributed by atoms with Crippen LogP contribution in [0.5, 0.6) is 0 Å². The molecule has 0 aromatic heterocycles. The normalized spacial score (nSPS) is 20.0. The molecule has 168 valence electrons. The van der Waals surface area contributed by atoms with Gasteiger partial charge in [0.05, 0.1) is 12.3 Å². The Morgan fingerprint density at radius 2 is 1.77 bits per heavy atom. The fourth-order valence-electron chi connectivity index (χ4n) is 4.16. The maximum atomic E-state index is 11.7. The van der Waals surface area contributed by atoms with Crippen LogP contribution in [0, 0.1) is 5.92 Å². The van der Waals surface area contributed by atoms with Crippen molar-refractivity contribution in [3.05, 3.63) is 71.3 Å². The van der Waals surface area contributed by atoms with Gasteiger partial charge in [0, 0.05) is 19.6 Å². The first-order valence-corrected chi connectivity index (χ1v) is 12.6. The van der Waals surface area contributed by atoms with Gasteiger partial charge in [0.1, 0.15) is 0 Å². The molecule has 2 aromatic carbocycles. The number of nitrogens with one attached hydrogen (secondary N) is 2. The molecule has 0 spiro atoms. The molecule has 2 aromatic rings. The van der Waals surface area contributed by atoms with E-state index in [0.29, 0.717) is 18.4 Å². The predicted molar refractivity (Wildman–Crippen MR) is 127 cm³/mol. The topological polar surface area (TPSA) is 73.8 Å². The van der Waals surface area contributed by atoms with Crippen LogP contribution < -0.4 is 10.0 Å². The first kappa shape index (κ1) is 23.3. The second kappa shape index (κ2) is 10.8. The Morgan fingerprint density at radius 1 is 1.10 bits per heavy atom. The summed E-state index contributed by atoms with van der Waals surface area (Å²) in [5, 5.41) is 3.44. The summed E-state index contributed by atoms with van der Waals surface area (Å²) in [6.07, 6.45) is 1.12. The molecule has 0 saturated carbocycles. The summed E-state index contributed by atoms with van der Waals surface area (Å²) in [4.78, 5) is 7.22. The average Bonchev–Trinajstić information content (AvgIpc) is 2.78. The molecule has 1 aliphatic heterocycles. The highest BCUT2D eigenvalue weighted by Crippen LogP contribution is 2.32. The molecule has 1 fully saturated rings. The molecule has 2 N–H and O–H groups in total. The van der Waals surface area contributed by atoms with E-state index in [-0.39, 0.29) is 5.75 Å². The highest BCUT2D eigenvalue weighted by atomic mass is 32.2. The van der Waals surface area contributed by atoms with Crippen LogP contribution in [0.3, 0.4) is 0 Å². The molecule has 1 aliphatic rings. The lowest BCUT2D eigenvalue weighted by molar-refractivity contribution is 0.234. The molecule has 0 radical (unpaired) electrons. The predicted octanol–water partition coefficient (Wildman–Crippen LogP) is 3.33. The van der Waals surface area contributed by atoms with E-state index in [1.807, 2.05) is 24.3 Å². The Kier molecular flexibility index (Phi) is 8.09. The van der Waals surface area contributed by atoms with Gasteiger partial charge in [-0.05, 0) is 48.9 Å². The van der Waals surface area contributed by atoms with Crippen LogP contribution in [-0.4, -0.2) is 46.0 Å². The molecular weight excluding hydrogens is 408 g/mol. The van der Waals surface area contributed by atoms with Crippen LogP contribution in [0.15, 0.2) is 59.6 Å². The molecule has 2 atom stereocenters. The van der Waals surface area contributed by atoms with Gasteiger partial charge in [-0.2, -0.15) is 0 Å². The summed E-state index contributed by atoms with van der Waals surface area (Å²) < 4.78 is 25.8. The van der Waals surface area contributed by atoms with Gasteiger partial charge >= 0.3 is 0 Å². The average molecular weight is 443 g/mol. The second-order valence-electron chi connectivity index (χ2n) is 8.18. The molecule has 0 aliphatic carbocycles. The van der Waals surface area contributed by atoms with Gasteiger partial charge in [-0.1, -0.05) is 61.5 Å². The minimum absolute atomic E-state index is 0.00998. The van der Waals surface area contributed by atoms with Crippen LogP contribution in [-0.2, 0) is 22.3 Å². The van der Waals surface area contributed by atoms with E-state index in [1.165, 1.54) is 12.6 Å². The van der Waals surface area contributed by atoms with Gasteiger partial charge in [0.2, 0.25) is 10.0 Å². The summed E-state index contributed by atoms with van der Waals surface area (Å²) in [5.74, 6) is 2.07. The van der Waals surface area contributed by atoms with Crippen molar-refractivity contribution in [2.45, 2.75) is 38.5 Å². The Bertz CT molecular complexity index is 959. The van der Waals surface area contributed by atoms with Gasteiger partial charge < -0.3 is 10.2 Å². The Hall–Kier alpha value is -2.38. The van der Waals surface area contributed by atoms with Crippen molar-refractivity contribution in [2.75, 3.05) is 26.7 Å². The summed E-state index contributed by atoms with van der Waals surface area (Å²) in [7, 11) is -1.82. The van der Waals surface area contributed by atoms with Crippen molar-refractivity contribution >= 4 is 16.0 Å². The molecule has 7 heteroatoms. The van der Waals surface area contributed by atoms with Gasteiger partial charge in [0.25, 0.3) is 0 Å². The maximum Gasteiger partial charge on any atom is 0.215 e. The molecular formula is C24H34N4O2S. The molecule has 1 saturated heterocycles. The number of rotatable bonds is 7. The number of hydrogen-bond acceptors (Lipinski definition) is 3. The second-order valence-corrected chi connectivity index (χ2v) is 10.1. The van der Waals surface area contributed by atoms with E-state index in [4.69, 9.17) is 4.99 Å². The van der Waals surface area contributed by atoms with Crippen molar-refractivity contribution < 1.29 is 8.42 Å². The number of likely N-dealkylation sites (tertiary alicyclic amines) is 1. The fourth-order valence-corrected chi connectivity index (χ4v) is 4.93. The lowest BCUT2D eigenvalue weighted by Crippen LogP contribution is -2.48. The van der Waals surface area contributed by atoms with E-state index < -0.39 is 10.0 Å². The quantitative estimate of drug-likeness (QED) is 0.510. The van der Waals surface area contributed by atoms with E-state index in [0.717, 1.165) is 43.1 Å². The maximum absolute atomic E-state index is 11.7. The van der Waals surface area contributed by atoms with Gasteiger partial charge in [0.15, 0.2) is 5.96 Å². The lowest BCUT2D eigenvalue weighted by Gasteiger charge is -2.39. The zero-order chi connectivity index (χ0) is 22.3. The highest BCUT2D eigenvalue weighted by molar-refractivity contribution is 7.88. The Balaban J connectivity index is 1.64. The first-order valence-electron chi connectivity index (χ1n) is 11.0. The largest absolute Gasteiger partial charge is 0.357 e. The number of sulfonamides is 1. The van der Waals surface area contributed by atoms with Gasteiger partial charge in [-0.3, -0.25) is 0 Å². The number of aliphatic imine (C=N–C) groups is 1. The lowest BCUT2D eigenvalue weighted by atomic mass is 9.82. The fraction of sp³-hybridized carbons (Fsp3) is 0.458. The number of hydrogen-bond donors (Lipinski definition) is 2. The Morgan fingerprint density at radius 3 is 2.39 bits per heavy atom. The number of piperidine rings is 1. The van der Waals surface area contributed by atoms with Crippen LogP contribution in [0.2, 0.25) is 0 Å². The van der Waals surface area contributed by atoms with Gasteiger partial charge in [-0.15, -0.1) is 0 Å². The van der Waals surface area contributed by atoms with Crippen molar-refractivity contribution in [1.29, 1.82) is 0 Å². The number of guanidine groups is 1.